The molecule has 0 spiro atoms. The Balaban J connectivity index is 1.95. The zero-order valence-electron chi connectivity index (χ0n) is 13.0. The SMILES string of the molecule is CCCCN(C)c1cnnc(NCc2ccc(C)cc2)n1. The van der Waals surface area contributed by atoms with Gasteiger partial charge < -0.3 is 10.2 Å². The highest BCUT2D eigenvalue weighted by Crippen LogP contribution is 2.11. The number of rotatable bonds is 7. The highest BCUT2D eigenvalue weighted by molar-refractivity contribution is 5.39. The highest BCUT2D eigenvalue weighted by atomic mass is 15.3. The molecule has 0 bridgehead atoms. The minimum atomic E-state index is 0.566. The van der Waals surface area contributed by atoms with Crippen molar-refractivity contribution in [3.63, 3.8) is 0 Å². The molecular weight excluding hydrogens is 262 g/mol. The molecule has 0 aliphatic carbocycles. The number of aryl methyl sites for hydroxylation is 1. The maximum atomic E-state index is 4.50. The average molecular weight is 285 g/mol. The van der Waals surface area contributed by atoms with Gasteiger partial charge in [0.25, 0.3) is 0 Å². The van der Waals surface area contributed by atoms with Gasteiger partial charge in [0, 0.05) is 20.1 Å². The predicted octanol–water partition coefficient (Wildman–Crippen LogP) is 3.03. The molecule has 0 aliphatic heterocycles. The lowest BCUT2D eigenvalue weighted by Gasteiger charge is -2.17. The minimum absolute atomic E-state index is 0.566. The minimum Gasteiger partial charge on any atom is -0.358 e. The Morgan fingerprint density at radius 2 is 1.95 bits per heavy atom. The number of benzene rings is 1. The van der Waals surface area contributed by atoms with Crippen molar-refractivity contribution in [1.82, 2.24) is 15.2 Å². The van der Waals surface area contributed by atoms with Gasteiger partial charge in [-0.15, -0.1) is 5.10 Å². The maximum absolute atomic E-state index is 4.50. The summed E-state index contributed by atoms with van der Waals surface area (Å²) in [7, 11) is 2.03. The van der Waals surface area contributed by atoms with E-state index >= 15 is 0 Å². The molecule has 0 fully saturated rings. The van der Waals surface area contributed by atoms with Gasteiger partial charge in [0.2, 0.25) is 5.95 Å². The standard InChI is InChI=1S/C16H23N5/c1-4-5-10-21(3)15-12-18-20-16(19-15)17-11-14-8-6-13(2)7-9-14/h6-9,12H,4-5,10-11H2,1-3H3,(H,17,19,20). The third-order valence-electron chi connectivity index (χ3n) is 3.36. The van der Waals surface area contributed by atoms with E-state index in [1.165, 1.54) is 17.5 Å². The van der Waals surface area contributed by atoms with E-state index in [0.29, 0.717) is 12.5 Å². The van der Waals surface area contributed by atoms with Crippen molar-refractivity contribution in [2.45, 2.75) is 33.2 Å². The molecule has 0 saturated heterocycles. The summed E-state index contributed by atoms with van der Waals surface area (Å²) >= 11 is 0. The number of nitrogens with one attached hydrogen (secondary N) is 1. The van der Waals surface area contributed by atoms with Gasteiger partial charge in [-0.05, 0) is 18.9 Å². The summed E-state index contributed by atoms with van der Waals surface area (Å²) in [5.41, 5.74) is 2.46. The summed E-state index contributed by atoms with van der Waals surface area (Å²) in [4.78, 5) is 6.61. The van der Waals surface area contributed by atoms with E-state index < -0.39 is 0 Å². The molecule has 21 heavy (non-hydrogen) atoms. The second kappa shape index (κ2) is 7.57. The Bertz CT molecular complexity index is 553. The lowest BCUT2D eigenvalue weighted by atomic mass is 10.1. The van der Waals surface area contributed by atoms with Gasteiger partial charge in [-0.2, -0.15) is 10.1 Å². The molecule has 1 N–H and O–H groups in total. The summed E-state index contributed by atoms with van der Waals surface area (Å²) in [6.45, 7) is 5.94. The topological polar surface area (TPSA) is 53.9 Å². The molecule has 5 nitrogen and oxygen atoms in total. The van der Waals surface area contributed by atoms with E-state index in [4.69, 9.17) is 0 Å². The monoisotopic (exact) mass is 285 g/mol. The van der Waals surface area contributed by atoms with Gasteiger partial charge in [-0.25, -0.2) is 0 Å². The first-order valence-corrected chi connectivity index (χ1v) is 7.39. The lowest BCUT2D eigenvalue weighted by Crippen LogP contribution is -2.20. The number of aromatic nitrogens is 3. The Morgan fingerprint density at radius 1 is 1.19 bits per heavy atom. The highest BCUT2D eigenvalue weighted by Gasteiger charge is 2.05. The van der Waals surface area contributed by atoms with E-state index in [9.17, 15) is 0 Å². The van der Waals surface area contributed by atoms with Crippen molar-refractivity contribution in [3.8, 4) is 0 Å². The molecule has 2 rings (SSSR count). The van der Waals surface area contributed by atoms with Gasteiger partial charge in [-0.3, -0.25) is 0 Å². The van der Waals surface area contributed by atoms with Crippen LogP contribution in [-0.2, 0) is 6.54 Å². The second-order valence-corrected chi connectivity index (χ2v) is 5.25. The summed E-state index contributed by atoms with van der Waals surface area (Å²) in [6, 6.07) is 8.41. The van der Waals surface area contributed by atoms with Crippen LogP contribution in [0.25, 0.3) is 0 Å². The van der Waals surface area contributed by atoms with Crippen LogP contribution >= 0.6 is 0 Å². The fourth-order valence-electron chi connectivity index (χ4n) is 1.95. The molecule has 1 heterocycles. The van der Waals surface area contributed by atoms with E-state index in [1.807, 2.05) is 7.05 Å². The molecule has 0 amide bonds. The molecule has 0 radical (unpaired) electrons. The predicted molar refractivity (Wildman–Crippen MR) is 86.5 cm³/mol. The van der Waals surface area contributed by atoms with Crippen LogP contribution in [0.2, 0.25) is 0 Å². The molecule has 0 saturated carbocycles. The smallest absolute Gasteiger partial charge is 0.244 e. The quantitative estimate of drug-likeness (QED) is 0.847. The van der Waals surface area contributed by atoms with Gasteiger partial charge in [0.05, 0.1) is 6.20 Å². The van der Waals surface area contributed by atoms with Crippen molar-refractivity contribution in [1.29, 1.82) is 0 Å². The Hall–Kier alpha value is -2.17. The van der Waals surface area contributed by atoms with Gasteiger partial charge in [-0.1, -0.05) is 43.2 Å². The number of hydrogen-bond donors (Lipinski definition) is 1. The summed E-state index contributed by atoms with van der Waals surface area (Å²) < 4.78 is 0. The molecule has 0 aliphatic rings. The maximum Gasteiger partial charge on any atom is 0.244 e. The van der Waals surface area contributed by atoms with Crippen molar-refractivity contribution in [2.24, 2.45) is 0 Å². The van der Waals surface area contributed by atoms with Crippen molar-refractivity contribution < 1.29 is 0 Å². The molecule has 5 heteroatoms. The molecule has 1 aromatic heterocycles. The Labute approximate surface area is 126 Å². The zero-order valence-corrected chi connectivity index (χ0v) is 13.0. The first-order valence-electron chi connectivity index (χ1n) is 7.39. The van der Waals surface area contributed by atoms with Crippen LogP contribution in [0.4, 0.5) is 11.8 Å². The molecule has 1 aromatic carbocycles. The molecular formula is C16H23N5. The molecule has 0 unspecified atom stereocenters. The number of hydrogen-bond acceptors (Lipinski definition) is 5. The van der Waals surface area contributed by atoms with Crippen molar-refractivity contribution in [2.75, 3.05) is 23.8 Å². The number of anilines is 2. The third kappa shape index (κ3) is 4.70. The first-order chi connectivity index (χ1) is 10.2. The summed E-state index contributed by atoms with van der Waals surface area (Å²) in [6.07, 6.45) is 4.01. The van der Waals surface area contributed by atoms with Crippen LogP contribution in [0, 0.1) is 6.92 Å². The van der Waals surface area contributed by atoms with Crippen LogP contribution in [0.15, 0.2) is 30.5 Å². The Morgan fingerprint density at radius 3 is 2.67 bits per heavy atom. The lowest BCUT2D eigenvalue weighted by molar-refractivity contribution is 0.753. The summed E-state index contributed by atoms with van der Waals surface area (Å²) in [5, 5.41) is 11.3. The summed E-state index contributed by atoms with van der Waals surface area (Å²) in [5.74, 6) is 1.42. The fourth-order valence-corrected chi connectivity index (χ4v) is 1.95. The second-order valence-electron chi connectivity index (χ2n) is 5.25. The largest absolute Gasteiger partial charge is 0.358 e. The van der Waals surface area contributed by atoms with Gasteiger partial charge in [0.1, 0.15) is 0 Å². The fraction of sp³-hybridized carbons (Fsp3) is 0.438. The first kappa shape index (κ1) is 15.2. The normalized spacial score (nSPS) is 10.4. The van der Waals surface area contributed by atoms with E-state index in [2.05, 4.69) is 63.5 Å². The van der Waals surface area contributed by atoms with Crippen LogP contribution in [-0.4, -0.2) is 28.8 Å². The van der Waals surface area contributed by atoms with E-state index in [-0.39, 0.29) is 0 Å². The van der Waals surface area contributed by atoms with Gasteiger partial charge >= 0.3 is 0 Å². The molecule has 2 aromatic rings. The van der Waals surface area contributed by atoms with Crippen LogP contribution in [0.5, 0.6) is 0 Å². The average Bonchev–Trinajstić information content (AvgIpc) is 2.52. The molecule has 112 valence electrons. The van der Waals surface area contributed by atoms with Crippen molar-refractivity contribution >= 4 is 11.8 Å². The van der Waals surface area contributed by atoms with Crippen LogP contribution in [0.3, 0.4) is 0 Å². The van der Waals surface area contributed by atoms with Crippen LogP contribution in [0.1, 0.15) is 30.9 Å². The van der Waals surface area contributed by atoms with Gasteiger partial charge in [0.15, 0.2) is 5.82 Å². The molecule has 0 atom stereocenters. The third-order valence-corrected chi connectivity index (χ3v) is 3.36. The number of nitrogens with zero attached hydrogens (tertiary/aromatic N) is 4. The number of unbranched alkanes of at least 4 members (excludes halogenated alkanes) is 1. The van der Waals surface area contributed by atoms with Crippen molar-refractivity contribution in [3.05, 3.63) is 41.6 Å². The van der Waals surface area contributed by atoms with E-state index in [1.54, 1.807) is 6.20 Å². The van der Waals surface area contributed by atoms with E-state index in [0.717, 1.165) is 18.8 Å². The van der Waals surface area contributed by atoms with Crippen LogP contribution < -0.4 is 10.2 Å². The zero-order chi connectivity index (χ0) is 15.1. The Kier molecular flexibility index (Phi) is 5.49.